The third-order valence-electron chi connectivity index (χ3n) is 2.32. The minimum absolute atomic E-state index is 0.0664. The molecule has 0 aliphatic heterocycles. The number of amides is 1. The first-order valence-corrected chi connectivity index (χ1v) is 6.00. The first-order valence-electron chi connectivity index (χ1n) is 6.00. The van der Waals surface area contributed by atoms with Gasteiger partial charge in [0.2, 0.25) is 0 Å². The molecule has 6 nitrogen and oxygen atoms in total. The molecule has 0 aliphatic carbocycles. The Kier molecular flexibility index (Phi) is 4.47. The molecule has 0 fully saturated rings. The van der Waals surface area contributed by atoms with E-state index in [2.05, 4.69) is 5.32 Å². The van der Waals surface area contributed by atoms with Crippen molar-refractivity contribution in [3.8, 4) is 0 Å². The van der Waals surface area contributed by atoms with Gasteiger partial charge in [-0.25, -0.2) is 4.79 Å². The van der Waals surface area contributed by atoms with E-state index in [4.69, 9.17) is 4.74 Å². The summed E-state index contributed by atoms with van der Waals surface area (Å²) in [6, 6.07) is 4.38. The van der Waals surface area contributed by atoms with Crippen LogP contribution in [0.3, 0.4) is 0 Å². The predicted octanol–water partition coefficient (Wildman–Crippen LogP) is 3.50. The van der Waals surface area contributed by atoms with E-state index in [-0.39, 0.29) is 5.69 Å². The fourth-order valence-electron chi connectivity index (χ4n) is 1.52. The Balaban J connectivity index is 2.95. The summed E-state index contributed by atoms with van der Waals surface area (Å²) in [5, 5.41) is 13.3. The first-order chi connectivity index (χ1) is 8.73. The van der Waals surface area contributed by atoms with Gasteiger partial charge in [-0.05, 0) is 32.8 Å². The number of nitro benzene ring substituents is 1. The van der Waals surface area contributed by atoms with Crippen molar-refractivity contribution in [3.63, 3.8) is 0 Å². The molecule has 0 aliphatic rings. The second kappa shape index (κ2) is 5.69. The van der Waals surface area contributed by atoms with E-state index in [9.17, 15) is 14.9 Å². The number of non-ortho nitro benzene ring substituents is 1. The Morgan fingerprint density at radius 3 is 2.53 bits per heavy atom. The number of nitrogens with zero attached hydrogens (tertiary/aromatic N) is 1. The minimum atomic E-state index is -0.623. The molecule has 6 heteroatoms. The molecule has 1 aromatic carbocycles. The molecule has 0 bridgehead atoms. The van der Waals surface area contributed by atoms with Crippen molar-refractivity contribution in [3.05, 3.63) is 33.9 Å². The summed E-state index contributed by atoms with van der Waals surface area (Å²) in [6.45, 7) is 7.16. The average Bonchev–Trinajstić information content (AvgIpc) is 2.26. The van der Waals surface area contributed by atoms with Crippen LogP contribution < -0.4 is 5.32 Å². The molecule has 0 radical (unpaired) electrons. The van der Waals surface area contributed by atoms with E-state index in [0.29, 0.717) is 12.1 Å². The molecule has 0 spiro atoms. The molecule has 1 rings (SSSR count). The quantitative estimate of drug-likeness (QED) is 0.670. The summed E-state index contributed by atoms with van der Waals surface area (Å²) >= 11 is 0. The molecule has 1 aromatic rings. The van der Waals surface area contributed by atoms with E-state index in [0.717, 1.165) is 5.56 Å². The van der Waals surface area contributed by atoms with E-state index in [1.807, 2.05) is 6.92 Å². The molecule has 0 unspecified atom stereocenters. The summed E-state index contributed by atoms with van der Waals surface area (Å²) in [5.41, 5.74) is 0.544. The van der Waals surface area contributed by atoms with Gasteiger partial charge in [0.1, 0.15) is 5.60 Å². The van der Waals surface area contributed by atoms with Gasteiger partial charge in [0.05, 0.1) is 10.6 Å². The second-order valence-corrected chi connectivity index (χ2v) is 5.08. The fourth-order valence-corrected chi connectivity index (χ4v) is 1.52. The van der Waals surface area contributed by atoms with Gasteiger partial charge in [-0.2, -0.15) is 0 Å². The number of aryl methyl sites for hydroxylation is 1. The average molecular weight is 266 g/mol. The summed E-state index contributed by atoms with van der Waals surface area (Å²) in [7, 11) is 0. The van der Waals surface area contributed by atoms with Gasteiger partial charge in [-0.3, -0.25) is 15.4 Å². The van der Waals surface area contributed by atoms with Crippen LogP contribution in [0, 0.1) is 10.1 Å². The molecular formula is C13H18N2O4. The van der Waals surface area contributed by atoms with E-state index in [1.165, 1.54) is 12.1 Å². The lowest BCUT2D eigenvalue weighted by Crippen LogP contribution is -2.27. The number of benzene rings is 1. The molecule has 1 amide bonds. The van der Waals surface area contributed by atoms with Crippen molar-refractivity contribution in [1.82, 2.24) is 0 Å². The SMILES string of the molecule is CCc1ccc([N+](=O)[O-])cc1NC(=O)OC(C)(C)C. The highest BCUT2D eigenvalue weighted by atomic mass is 16.6. The molecule has 1 N–H and O–H groups in total. The van der Waals surface area contributed by atoms with Gasteiger partial charge in [-0.1, -0.05) is 13.0 Å². The van der Waals surface area contributed by atoms with Crippen LogP contribution in [0.25, 0.3) is 0 Å². The number of nitrogens with one attached hydrogen (secondary N) is 1. The molecule has 0 aromatic heterocycles. The minimum Gasteiger partial charge on any atom is -0.444 e. The highest BCUT2D eigenvalue weighted by Gasteiger charge is 2.18. The maximum absolute atomic E-state index is 11.7. The smallest absolute Gasteiger partial charge is 0.412 e. The monoisotopic (exact) mass is 266 g/mol. The maximum Gasteiger partial charge on any atom is 0.412 e. The van der Waals surface area contributed by atoms with Crippen molar-refractivity contribution in [1.29, 1.82) is 0 Å². The van der Waals surface area contributed by atoms with Crippen molar-refractivity contribution in [2.75, 3.05) is 5.32 Å². The summed E-state index contributed by atoms with van der Waals surface area (Å²) < 4.78 is 5.12. The number of ether oxygens (including phenoxy) is 1. The maximum atomic E-state index is 11.7. The fraction of sp³-hybridized carbons (Fsp3) is 0.462. The molecule has 0 saturated carbocycles. The molecular weight excluding hydrogens is 248 g/mol. The van der Waals surface area contributed by atoms with Gasteiger partial charge in [0, 0.05) is 12.1 Å². The zero-order valence-electron chi connectivity index (χ0n) is 11.5. The second-order valence-electron chi connectivity index (χ2n) is 5.08. The molecule has 104 valence electrons. The highest BCUT2D eigenvalue weighted by Crippen LogP contribution is 2.23. The lowest BCUT2D eigenvalue weighted by Gasteiger charge is -2.20. The lowest BCUT2D eigenvalue weighted by molar-refractivity contribution is -0.384. The Bertz CT molecular complexity index is 492. The largest absolute Gasteiger partial charge is 0.444 e. The first kappa shape index (κ1) is 14.9. The number of anilines is 1. The van der Waals surface area contributed by atoms with Crippen molar-refractivity contribution in [2.24, 2.45) is 0 Å². The van der Waals surface area contributed by atoms with E-state index < -0.39 is 16.6 Å². The number of rotatable bonds is 3. The van der Waals surface area contributed by atoms with Crippen LogP contribution >= 0.6 is 0 Å². The lowest BCUT2D eigenvalue weighted by atomic mass is 10.1. The number of carbonyl (C=O) groups excluding carboxylic acids is 1. The number of carbonyl (C=O) groups is 1. The van der Waals surface area contributed by atoms with Crippen LogP contribution in [0.5, 0.6) is 0 Å². The van der Waals surface area contributed by atoms with Crippen LogP contribution in [0.2, 0.25) is 0 Å². The topological polar surface area (TPSA) is 81.5 Å². The van der Waals surface area contributed by atoms with E-state index in [1.54, 1.807) is 26.8 Å². The Morgan fingerprint density at radius 2 is 2.05 bits per heavy atom. The van der Waals surface area contributed by atoms with Gasteiger partial charge in [0.15, 0.2) is 0 Å². The Hall–Kier alpha value is -2.11. The van der Waals surface area contributed by atoms with Gasteiger partial charge in [-0.15, -0.1) is 0 Å². The highest BCUT2D eigenvalue weighted by molar-refractivity contribution is 5.86. The van der Waals surface area contributed by atoms with Crippen molar-refractivity contribution < 1.29 is 14.5 Å². The standard InChI is InChI=1S/C13H18N2O4/c1-5-9-6-7-10(15(17)18)8-11(9)14-12(16)19-13(2,3)4/h6-8H,5H2,1-4H3,(H,14,16). The van der Waals surface area contributed by atoms with Crippen LogP contribution in [0.1, 0.15) is 33.3 Å². The number of nitro groups is 1. The molecule has 0 heterocycles. The summed E-state index contributed by atoms with van der Waals surface area (Å²) in [5.74, 6) is 0. The van der Waals surface area contributed by atoms with Crippen LogP contribution in [0.4, 0.5) is 16.2 Å². The third-order valence-corrected chi connectivity index (χ3v) is 2.32. The number of hydrogen-bond donors (Lipinski definition) is 1. The van der Waals surface area contributed by atoms with Gasteiger partial charge in [0.25, 0.3) is 5.69 Å². The molecule has 0 atom stereocenters. The number of hydrogen-bond acceptors (Lipinski definition) is 4. The third kappa shape index (κ3) is 4.57. The Morgan fingerprint density at radius 1 is 1.42 bits per heavy atom. The molecule has 19 heavy (non-hydrogen) atoms. The van der Waals surface area contributed by atoms with Crippen LogP contribution in [0.15, 0.2) is 18.2 Å². The van der Waals surface area contributed by atoms with Crippen molar-refractivity contribution >= 4 is 17.5 Å². The van der Waals surface area contributed by atoms with Crippen LogP contribution in [-0.4, -0.2) is 16.6 Å². The van der Waals surface area contributed by atoms with Crippen molar-refractivity contribution in [2.45, 2.75) is 39.7 Å². The molecule has 0 saturated heterocycles. The zero-order chi connectivity index (χ0) is 14.6. The summed E-state index contributed by atoms with van der Waals surface area (Å²) in [6.07, 6.45) is 0.0334. The predicted molar refractivity (Wildman–Crippen MR) is 72.3 cm³/mol. The van der Waals surface area contributed by atoms with Gasteiger partial charge < -0.3 is 4.74 Å². The van der Waals surface area contributed by atoms with Crippen LogP contribution in [-0.2, 0) is 11.2 Å². The van der Waals surface area contributed by atoms with E-state index >= 15 is 0 Å². The van der Waals surface area contributed by atoms with Gasteiger partial charge >= 0.3 is 6.09 Å². The summed E-state index contributed by atoms with van der Waals surface area (Å²) in [4.78, 5) is 21.9. The zero-order valence-corrected chi connectivity index (χ0v) is 11.5. The Labute approximate surface area is 111 Å². The normalized spacial score (nSPS) is 10.9.